The van der Waals surface area contributed by atoms with Crippen molar-refractivity contribution in [2.24, 2.45) is 0 Å². The maximum Gasteiger partial charge on any atom is 0.573 e. The van der Waals surface area contributed by atoms with E-state index in [-0.39, 0.29) is 25.6 Å². The van der Waals surface area contributed by atoms with Gasteiger partial charge in [0.1, 0.15) is 23.9 Å². The van der Waals surface area contributed by atoms with Crippen LogP contribution in [-0.4, -0.2) is 41.6 Å². The summed E-state index contributed by atoms with van der Waals surface area (Å²) in [4.78, 5) is 21.3. The predicted molar refractivity (Wildman–Crippen MR) is 136 cm³/mol. The average Bonchev–Trinajstić information content (AvgIpc) is 2.84. The molecule has 0 atom stereocenters. The fraction of sp³-hybridized carbons (Fsp3) is 0.393. The van der Waals surface area contributed by atoms with Gasteiger partial charge in [-0.3, -0.25) is 0 Å². The normalized spacial score (nSPS) is 11.7. The molecule has 0 N–H and O–H groups in total. The number of carbonyl (C=O) groups is 1. The number of carbonyl (C=O) groups excluding carboxylic acids is 1. The molecule has 0 spiro atoms. The molecule has 0 aliphatic heterocycles. The smallest absolute Gasteiger partial charge is 0.489 e. The van der Waals surface area contributed by atoms with Crippen LogP contribution in [0.25, 0.3) is 11.4 Å². The lowest BCUT2D eigenvalue weighted by atomic mass is 10.1. The molecule has 0 saturated heterocycles. The van der Waals surface area contributed by atoms with Gasteiger partial charge in [-0.15, -0.1) is 13.2 Å². The summed E-state index contributed by atoms with van der Waals surface area (Å²) in [5.41, 5.74) is 2.08. The predicted octanol–water partition coefficient (Wildman–Crippen LogP) is 6.10. The fourth-order valence-corrected chi connectivity index (χ4v) is 3.64. The monoisotopic (exact) mass is 548 g/mol. The zero-order chi connectivity index (χ0) is 28.8. The standard InChI is InChI=1S/C28H31F3N2O6/c1-7-36-26(34)27(4,5)39-24-13-12-21(14-17(24)2)37-15-22-18(3)32-25(33-23(22)16-35-6)19-8-10-20(11-9-19)38-28(29,30)31/h8-14H,7,15-16H2,1-6H3. The van der Waals surface area contributed by atoms with E-state index in [2.05, 4.69) is 14.7 Å². The van der Waals surface area contributed by atoms with Gasteiger partial charge in [-0.05, 0) is 82.6 Å². The number of halogens is 3. The molecule has 0 unspecified atom stereocenters. The van der Waals surface area contributed by atoms with E-state index >= 15 is 0 Å². The highest BCUT2D eigenvalue weighted by Crippen LogP contribution is 2.29. The third kappa shape index (κ3) is 8.06. The molecule has 2 aromatic carbocycles. The second kappa shape index (κ2) is 12.3. The Kier molecular flexibility index (Phi) is 9.39. The number of aromatic nitrogens is 2. The molecule has 3 aromatic rings. The van der Waals surface area contributed by atoms with Gasteiger partial charge in [-0.25, -0.2) is 14.8 Å². The Balaban J connectivity index is 1.77. The number of hydrogen-bond acceptors (Lipinski definition) is 8. The average molecular weight is 549 g/mol. The number of rotatable bonds is 11. The molecule has 8 nitrogen and oxygen atoms in total. The summed E-state index contributed by atoms with van der Waals surface area (Å²) in [6.07, 6.45) is -4.77. The molecular weight excluding hydrogens is 517 g/mol. The first kappa shape index (κ1) is 29.7. The van der Waals surface area contributed by atoms with Crippen LogP contribution in [0.15, 0.2) is 42.5 Å². The molecule has 210 valence electrons. The van der Waals surface area contributed by atoms with E-state index in [9.17, 15) is 18.0 Å². The number of nitrogens with zero attached hydrogens (tertiary/aromatic N) is 2. The summed E-state index contributed by atoms with van der Waals surface area (Å²) in [5, 5.41) is 0. The van der Waals surface area contributed by atoms with E-state index in [1.165, 1.54) is 31.4 Å². The Bertz CT molecular complexity index is 1290. The van der Waals surface area contributed by atoms with Crippen LogP contribution in [0, 0.1) is 13.8 Å². The van der Waals surface area contributed by atoms with Gasteiger partial charge in [0, 0.05) is 23.9 Å². The summed E-state index contributed by atoms with van der Waals surface area (Å²) in [6.45, 7) is 9.24. The third-order valence-corrected chi connectivity index (χ3v) is 5.59. The van der Waals surface area contributed by atoms with Gasteiger partial charge < -0.3 is 23.7 Å². The lowest BCUT2D eigenvalue weighted by Gasteiger charge is -2.25. The van der Waals surface area contributed by atoms with Crippen molar-refractivity contribution in [3.05, 3.63) is 65.0 Å². The van der Waals surface area contributed by atoms with E-state index in [4.69, 9.17) is 18.9 Å². The van der Waals surface area contributed by atoms with E-state index in [1.807, 2.05) is 6.92 Å². The Morgan fingerprint density at radius 2 is 1.59 bits per heavy atom. The number of methoxy groups -OCH3 is 1. The molecule has 39 heavy (non-hydrogen) atoms. The number of alkyl halides is 3. The highest BCUT2D eigenvalue weighted by atomic mass is 19.4. The number of benzene rings is 2. The van der Waals surface area contributed by atoms with Gasteiger partial charge in [0.25, 0.3) is 0 Å². The molecule has 11 heteroatoms. The van der Waals surface area contributed by atoms with Crippen LogP contribution in [0.5, 0.6) is 17.2 Å². The van der Waals surface area contributed by atoms with Crippen LogP contribution in [0.4, 0.5) is 13.2 Å². The van der Waals surface area contributed by atoms with E-state index in [1.54, 1.807) is 45.9 Å². The van der Waals surface area contributed by atoms with Crippen LogP contribution in [-0.2, 0) is 27.5 Å². The summed E-state index contributed by atoms with van der Waals surface area (Å²) in [5.74, 6) is 0.640. The molecule has 1 heterocycles. The zero-order valence-electron chi connectivity index (χ0n) is 22.6. The maximum absolute atomic E-state index is 12.5. The van der Waals surface area contributed by atoms with E-state index < -0.39 is 17.9 Å². The third-order valence-electron chi connectivity index (χ3n) is 5.59. The summed E-state index contributed by atoms with van der Waals surface area (Å²) in [6, 6.07) is 10.6. The minimum absolute atomic E-state index is 0.150. The highest BCUT2D eigenvalue weighted by Gasteiger charge is 2.32. The highest BCUT2D eigenvalue weighted by molar-refractivity contribution is 5.79. The van der Waals surface area contributed by atoms with Gasteiger partial charge in [-0.2, -0.15) is 0 Å². The summed E-state index contributed by atoms with van der Waals surface area (Å²) in [7, 11) is 1.53. The molecule has 0 aliphatic rings. The van der Waals surface area contributed by atoms with Gasteiger partial charge in [0.2, 0.25) is 0 Å². The van der Waals surface area contributed by atoms with Crippen molar-refractivity contribution in [2.75, 3.05) is 13.7 Å². The van der Waals surface area contributed by atoms with Crippen molar-refractivity contribution in [1.29, 1.82) is 0 Å². The van der Waals surface area contributed by atoms with Gasteiger partial charge in [-0.1, -0.05) is 0 Å². The molecule has 0 saturated carbocycles. The van der Waals surface area contributed by atoms with Crippen molar-refractivity contribution < 1.29 is 41.7 Å². The number of hydrogen-bond donors (Lipinski definition) is 0. The van der Waals surface area contributed by atoms with E-state index in [0.29, 0.717) is 34.3 Å². The van der Waals surface area contributed by atoms with Crippen LogP contribution < -0.4 is 14.2 Å². The second-order valence-corrected chi connectivity index (χ2v) is 9.11. The SMILES string of the molecule is CCOC(=O)C(C)(C)Oc1ccc(OCc2c(C)nc(-c3ccc(OC(F)(F)F)cc3)nc2COC)cc1C. The molecule has 0 fully saturated rings. The molecule has 3 rings (SSSR count). The Labute approximate surface area is 225 Å². The van der Waals surface area contributed by atoms with Crippen molar-refractivity contribution in [1.82, 2.24) is 9.97 Å². The Morgan fingerprint density at radius 1 is 0.923 bits per heavy atom. The number of esters is 1. The zero-order valence-corrected chi connectivity index (χ0v) is 22.6. The molecule has 0 radical (unpaired) electrons. The quantitative estimate of drug-likeness (QED) is 0.266. The molecule has 0 bridgehead atoms. The minimum atomic E-state index is -4.77. The van der Waals surface area contributed by atoms with Gasteiger partial charge >= 0.3 is 12.3 Å². The minimum Gasteiger partial charge on any atom is -0.489 e. The fourth-order valence-electron chi connectivity index (χ4n) is 3.64. The van der Waals surface area contributed by atoms with Crippen LogP contribution in [0.2, 0.25) is 0 Å². The van der Waals surface area contributed by atoms with Crippen LogP contribution in [0.3, 0.4) is 0 Å². The topological polar surface area (TPSA) is 89.0 Å². The Morgan fingerprint density at radius 3 is 2.18 bits per heavy atom. The molecule has 0 aliphatic carbocycles. The lowest BCUT2D eigenvalue weighted by molar-refractivity contribution is -0.274. The van der Waals surface area contributed by atoms with Crippen LogP contribution in [0.1, 0.15) is 43.3 Å². The first-order chi connectivity index (χ1) is 18.3. The molecule has 1 aromatic heterocycles. The molecular formula is C28H31F3N2O6. The largest absolute Gasteiger partial charge is 0.573 e. The summed E-state index contributed by atoms with van der Waals surface area (Å²) < 4.78 is 63.6. The first-order valence-electron chi connectivity index (χ1n) is 12.1. The van der Waals surface area contributed by atoms with Crippen LogP contribution >= 0.6 is 0 Å². The van der Waals surface area contributed by atoms with Crippen molar-refractivity contribution in [3.8, 4) is 28.6 Å². The maximum atomic E-state index is 12.5. The first-order valence-corrected chi connectivity index (χ1v) is 12.1. The number of ether oxygens (including phenoxy) is 5. The van der Waals surface area contributed by atoms with Crippen molar-refractivity contribution in [2.45, 2.75) is 59.8 Å². The lowest BCUT2D eigenvalue weighted by Crippen LogP contribution is -2.39. The number of aryl methyl sites for hydroxylation is 2. The van der Waals surface area contributed by atoms with E-state index in [0.717, 1.165) is 11.1 Å². The Hall–Kier alpha value is -3.86. The summed E-state index contributed by atoms with van der Waals surface area (Å²) >= 11 is 0. The van der Waals surface area contributed by atoms with Gasteiger partial charge in [0.15, 0.2) is 11.4 Å². The van der Waals surface area contributed by atoms with Gasteiger partial charge in [0.05, 0.1) is 18.9 Å². The van der Waals surface area contributed by atoms with Crippen molar-refractivity contribution >= 4 is 5.97 Å². The molecule has 0 amide bonds. The van der Waals surface area contributed by atoms with Crippen molar-refractivity contribution in [3.63, 3.8) is 0 Å². The second-order valence-electron chi connectivity index (χ2n) is 9.11.